The van der Waals surface area contributed by atoms with E-state index in [1.807, 2.05) is 30.7 Å². The van der Waals surface area contributed by atoms with Gasteiger partial charge in [-0.25, -0.2) is 4.98 Å². The van der Waals surface area contributed by atoms with Crippen molar-refractivity contribution in [2.24, 2.45) is 7.05 Å². The molecule has 1 aliphatic carbocycles. The third-order valence-electron chi connectivity index (χ3n) is 5.74. The number of hydrogen-bond donors (Lipinski definition) is 1. The Morgan fingerprint density at radius 2 is 1.59 bits per heavy atom. The lowest BCUT2D eigenvalue weighted by Crippen LogP contribution is -2.19. The van der Waals surface area contributed by atoms with Crippen LogP contribution in [-0.4, -0.2) is 20.4 Å². The van der Waals surface area contributed by atoms with Gasteiger partial charge in [0, 0.05) is 19.0 Å². The Kier molecular flexibility index (Phi) is 4.44. The van der Waals surface area contributed by atoms with Crippen LogP contribution in [0.4, 0.5) is 0 Å². The predicted molar refractivity (Wildman–Crippen MR) is 106 cm³/mol. The summed E-state index contributed by atoms with van der Waals surface area (Å²) in [4.78, 5) is 16.7. The molecule has 0 spiro atoms. The SMILES string of the molecule is CCC(=O)C1(c2ccc(-c3ccc(-c4ncn(C)c4CO)cc3)cc2)CC1. The summed E-state index contributed by atoms with van der Waals surface area (Å²) in [7, 11) is 1.88. The zero-order valence-corrected chi connectivity index (χ0v) is 15.8. The van der Waals surface area contributed by atoms with Crippen LogP contribution in [0.2, 0.25) is 0 Å². The number of Topliss-reactive ketones (excluding diaryl/α,β-unsaturated/α-hetero) is 1. The minimum atomic E-state index is -0.211. The smallest absolute Gasteiger partial charge is 0.143 e. The Morgan fingerprint density at radius 1 is 1.04 bits per heavy atom. The molecule has 1 aliphatic rings. The highest BCUT2D eigenvalue weighted by Crippen LogP contribution is 2.49. The zero-order valence-electron chi connectivity index (χ0n) is 15.8. The number of nitrogens with zero attached hydrogens (tertiary/aromatic N) is 2. The summed E-state index contributed by atoms with van der Waals surface area (Å²) in [6, 6.07) is 16.6. The van der Waals surface area contributed by atoms with Gasteiger partial charge >= 0.3 is 0 Å². The topological polar surface area (TPSA) is 55.1 Å². The van der Waals surface area contributed by atoms with Gasteiger partial charge in [0.05, 0.1) is 29.7 Å². The second kappa shape index (κ2) is 6.78. The van der Waals surface area contributed by atoms with Crippen molar-refractivity contribution in [1.82, 2.24) is 9.55 Å². The summed E-state index contributed by atoms with van der Waals surface area (Å²) in [5.41, 5.74) is 5.81. The molecule has 0 radical (unpaired) electrons. The summed E-state index contributed by atoms with van der Waals surface area (Å²) in [5, 5.41) is 9.55. The molecule has 2 aromatic carbocycles. The first-order valence-corrected chi connectivity index (χ1v) is 9.45. The highest BCUT2D eigenvalue weighted by atomic mass is 16.3. The average Bonchev–Trinajstić information content (AvgIpc) is 3.44. The third kappa shape index (κ3) is 3.00. The van der Waals surface area contributed by atoms with E-state index in [0.717, 1.165) is 46.5 Å². The third-order valence-corrected chi connectivity index (χ3v) is 5.74. The number of carbonyl (C=O) groups is 1. The lowest BCUT2D eigenvalue weighted by atomic mass is 9.89. The van der Waals surface area contributed by atoms with Gasteiger partial charge in [-0.1, -0.05) is 55.5 Å². The molecular formula is C23H24N2O2. The summed E-state index contributed by atoms with van der Waals surface area (Å²) < 4.78 is 1.84. The molecule has 3 aromatic rings. The van der Waals surface area contributed by atoms with Crippen molar-refractivity contribution in [3.05, 3.63) is 66.1 Å². The van der Waals surface area contributed by atoms with Gasteiger partial charge in [-0.05, 0) is 29.5 Å². The molecule has 1 saturated carbocycles. The fourth-order valence-electron chi connectivity index (χ4n) is 3.88. The lowest BCUT2D eigenvalue weighted by molar-refractivity contribution is -0.121. The Bertz CT molecular complexity index is 965. The molecule has 0 bridgehead atoms. The van der Waals surface area contributed by atoms with Crippen LogP contribution in [0.3, 0.4) is 0 Å². The summed E-state index contributed by atoms with van der Waals surface area (Å²) >= 11 is 0. The summed E-state index contributed by atoms with van der Waals surface area (Å²) in [5.74, 6) is 0.356. The molecule has 1 fully saturated rings. The van der Waals surface area contributed by atoms with E-state index in [4.69, 9.17) is 0 Å². The number of rotatable bonds is 6. The fraction of sp³-hybridized carbons (Fsp3) is 0.304. The molecule has 0 atom stereocenters. The normalized spacial score (nSPS) is 14.9. The predicted octanol–water partition coefficient (Wildman–Crippen LogP) is 4.26. The Hall–Kier alpha value is -2.72. The fourth-order valence-corrected chi connectivity index (χ4v) is 3.88. The maximum atomic E-state index is 12.3. The molecule has 0 unspecified atom stereocenters. The highest BCUT2D eigenvalue weighted by Gasteiger charge is 2.49. The number of ketones is 1. The molecule has 138 valence electrons. The van der Waals surface area contributed by atoms with E-state index in [1.165, 1.54) is 0 Å². The van der Waals surface area contributed by atoms with E-state index in [1.54, 1.807) is 6.33 Å². The van der Waals surface area contributed by atoms with Crippen molar-refractivity contribution >= 4 is 5.78 Å². The Balaban J connectivity index is 1.59. The van der Waals surface area contributed by atoms with Crippen molar-refractivity contribution < 1.29 is 9.90 Å². The van der Waals surface area contributed by atoms with Gasteiger partial charge in [0.15, 0.2) is 0 Å². The average molecular weight is 360 g/mol. The Morgan fingerprint density at radius 3 is 2.11 bits per heavy atom. The lowest BCUT2D eigenvalue weighted by Gasteiger charge is -2.14. The standard InChI is InChI=1S/C23H24N2O2/c1-3-21(27)23(12-13-23)19-10-8-17(9-11-19)16-4-6-18(7-5-16)22-20(14-26)25(2)15-24-22/h4-11,15,26H,3,12-14H2,1-2H3. The second-order valence-electron chi connectivity index (χ2n) is 7.32. The van der Waals surface area contributed by atoms with E-state index >= 15 is 0 Å². The molecule has 1 N–H and O–H groups in total. The Labute approximate surface area is 159 Å². The van der Waals surface area contributed by atoms with E-state index in [9.17, 15) is 9.90 Å². The second-order valence-corrected chi connectivity index (χ2v) is 7.32. The van der Waals surface area contributed by atoms with E-state index in [0.29, 0.717) is 12.2 Å². The number of hydrogen-bond acceptors (Lipinski definition) is 3. The molecule has 0 saturated heterocycles. The number of aliphatic hydroxyl groups excluding tert-OH is 1. The number of carbonyl (C=O) groups excluding carboxylic acids is 1. The maximum absolute atomic E-state index is 12.3. The summed E-state index contributed by atoms with van der Waals surface area (Å²) in [6.45, 7) is 1.91. The molecule has 0 aliphatic heterocycles. The van der Waals surface area contributed by atoms with Gasteiger partial charge in [-0.15, -0.1) is 0 Å². The van der Waals surface area contributed by atoms with E-state index < -0.39 is 0 Å². The van der Waals surface area contributed by atoms with Crippen LogP contribution in [-0.2, 0) is 23.9 Å². The molecule has 27 heavy (non-hydrogen) atoms. The van der Waals surface area contributed by atoms with Crippen LogP contribution in [0, 0.1) is 0 Å². The van der Waals surface area contributed by atoms with Crippen molar-refractivity contribution in [3.63, 3.8) is 0 Å². The van der Waals surface area contributed by atoms with E-state index in [2.05, 4.69) is 41.4 Å². The van der Waals surface area contributed by atoms with Crippen LogP contribution in [0.1, 0.15) is 37.4 Å². The number of aromatic nitrogens is 2. The van der Waals surface area contributed by atoms with Crippen LogP contribution in [0.15, 0.2) is 54.9 Å². The zero-order chi connectivity index (χ0) is 19.0. The van der Waals surface area contributed by atoms with Crippen molar-refractivity contribution in [2.45, 2.75) is 38.2 Å². The van der Waals surface area contributed by atoms with Crippen molar-refractivity contribution in [3.8, 4) is 22.4 Å². The molecule has 1 heterocycles. The quantitative estimate of drug-likeness (QED) is 0.715. The minimum absolute atomic E-state index is 0.0344. The van der Waals surface area contributed by atoms with Gasteiger partial charge < -0.3 is 9.67 Å². The van der Waals surface area contributed by atoms with Gasteiger partial charge in [0.25, 0.3) is 0 Å². The van der Waals surface area contributed by atoms with Gasteiger partial charge in [0.1, 0.15) is 5.78 Å². The number of aliphatic hydroxyl groups is 1. The van der Waals surface area contributed by atoms with Gasteiger partial charge in [0.2, 0.25) is 0 Å². The van der Waals surface area contributed by atoms with Crippen molar-refractivity contribution in [1.29, 1.82) is 0 Å². The highest BCUT2D eigenvalue weighted by molar-refractivity contribution is 5.93. The number of aryl methyl sites for hydroxylation is 1. The molecule has 4 rings (SSSR count). The largest absolute Gasteiger partial charge is 0.390 e. The maximum Gasteiger partial charge on any atom is 0.143 e. The first kappa shape index (κ1) is 17.7. The molecule has 1 aromatic heterocycles. The minimum Gasteiger partial charge on any atom is -0.390 e. The molecule has 4 nitrogen and oxygen atoms in total. The van der Waals surface area contributed by atoms with Crippen LogP contribution in [0.5, 0.6) is 0 Å². The van der Waals surface area contributed by atoms with Crippen molar-refractivity contribution in [2.75, 3.05) is 0 Å². The van der Waals surface area contributed by atoms with E-state index in [-0.39, 0.29) is 12.0 Å². The van der Waals surface area contributed by atoms with Gasteiger partial charge in [-0.2, -0.15) is 0 Å². The van der Waals surface area contributed by atoms with Crippen LogP contribution >= 0.6 is 0 Å². The first-order valence-electron chi connectivity index (χ1n) is 9.45. The molecular weight excluding hydrogens is 336 g/mol. The number of benzene rings is 2. The first-order chi connectivity index (χ1) is 13.1. The van der Waals surface area contributed by atoms with Crippen LogP contribution < -0.4 is 0 Å². The van der Waals surface area contributed by atoms with Gasteiger partial charge in [-0.3, -0.25) is 4.79 Å². The molecule has 0 amide bonds. The monoisotopic (exact) mass is 360 g/mol. The molecule has 4 heteroatoms. The van der Waals surface area contributed by atoms with Crippen LogP contribution in [0.25, 0.3) is 22.4 Å². The summed E-state index contributed by atoms with van der Waals surface area (Å²) in [6.07, 6.45) is 4.28. The number of imidazole rings is 1.